The van der Waals surface area contributed by atoms with Crippen molar-refractivity contribution in [3.05, 3.63) is 28.8 Å². The van der Waals surface area contributed by atoms with Gasteiger partial charge in [-0.3, -0.25) is 4.79 Å². The van der Waals surface area contributed by atoms with E-state index in [4.69, 9.17) is 16.3 Å². The number of halogens is 2. The molecule has 0 N–H and O–H groups in total. The summed E-state index contributed by atoms with van der Waals surface area (Å²) in [7, 11) is 3.96. The molecule has 1 unspecified atom stereocenters. The Morgan fingerprint density at radius 1 is 1.50 bits per heavy atom. The van der Waals surface area contributed by atoms with Crippen LogP contribution in [0.25, 0.3) is 0 Å². The van der Waals surface area contributed by atoms with Crippen molar-refractivity contribution < 1.29 is 9.53 Å². The Morgan fingerprint density at radius 2 is 2.22 bits per heavy atom. The minimum atomic E-state index is -0.119. The molecule has 18 heavy (non-hydrogen) atoms. The van der Waals surface area contributed by atoms with Crippen LogP contribution in [0.3, 0.4) is 0 Å². The molecule has 2 rings (SSSR count). The summed E-state index contributed by atoms with van der Waals surface area (Å²) >= 11 is 7.46. The lowest BCUT2D eigenvalue weighted by Gasteiger charge is -2.24. The molecule has 0 fully saturated rings. The van der Waals surface area contributed by atoms with Gasteiger partial charge in [0.15, 0.2) is 5.78 Å². The maximum absolute atomic E-state index is 12.2. The van der Waals surface area contributed by atoms with Gasteiger partial charge in [0.25, 0.3) is 0 Å². The zero-order chi connectivity index (χ0) is 12.4. The first-order valence-electron chi connectivity index (χ1n) is 5.31. The maximum Gasteiger partial charge on any atom is 0.183 e. The van der Waals surface area contributed by atoms with Crippen LogP contribution in [0.4, 0.5) is 0 Å². The molecule has 0 saturated carbocycles. The molecule has 0 amide bonds. The largest absolute Gasteiger partial charge is 0.491 e. The molecule has 1 aromatic carbocycles. The van der Waals surface area contributed by atoms with Crippen molar-refractivity contribution in [2.24, 2.45) is 0 Å². The minimum Gasteiger partial charge on any atom is -0.491 e. The standard InChI is InChI=1S/C12H14ClNO2S.ClH/c1-14(2)7-17-11-6-16-10-5-8(13)3-4-9(10)12(11)15;/h3-5,11H,6-7H2,1-2H3;1H. The lowest BCUT2D eigenvalue weighted by Crippen LogP contribution is -2.31. The first-order chi connectivity index (χ1) is 8.08. The van der Waals surface area contributed by atoms with E-state index >= 15 is 0 Å². The first-order valence-corrected chi connectivity index (χ1v) is 6.73. The third kappa shape index (κ3) is 3.54. The summed E-state index contributed by atoms with van der Waals surface area (Å²) in [5.74, 6) is 1.54. The van der Waals surface area contributed by atoms with E-state index in [2.05, 4.69) is 0 Å². The molecule has 1 heterocycles. The van der Waals surface area contributed by atoms with Crippen molar-refractivity contribution >= 4 is 41.6 Å². The van der Waals surface area contributed by atoms with Crippen molar-refractivity contribution in [1.29, 1.82) is 0 Å². The Balaban J connectivity index is 0.00000162. The Labute approximate surface area is 122 Å². The maximum atomic E-state index is 12.2. The molecule has 1 aliphatic rings. The van der Waals surface area contributed by atoms with Gasteiger partial charge in [0.2, 0.25) is 0 Å². The summed E-state index contributed by atoms with van der Waals surface area (Å²) in [6.07, 6.45) is 0. The Hall–Kier alpha value is -0.420. The molecule has 0 aromatic heterocycles. The topological polar surface area (TPSA) is 29.5 Å². The number of rotatable bonds is 3. The molecule has 0 aliphatic carbocycles. The molecule has 0 saturated heterocycles. The second-order valence-electron chi connectivity index (χ2n) is 4.18. The average Bonchev–Trinajstić information content (AvgIpc) is 2.27. The van der Waals surface area contributed by atoms with Gasteiger partial charge in [-0.2, -0.15) is 0 Å². The van der Waals surface area contributed by atoms with Gasteiger partial charge in [-0.15, -0.1) is 24.2 Å². The van der Waals surface area contributed by atoms with Crippen LogP contribution in [0.2, 0.25) is 5.02 Å². The highest BCUT2D eigenvalue weighted by Gasteiger charge is 2.29. The van der Waals surface area contributed by atoms with E-state index in [-0.39, 0.29) is 23.4 Å². The van der Waals surface area contributed by atoms with Crippen LogP contribution < -0.4 is 4.74 Å². The summed E-state index contributed by atoms with van der Waals surface area (Å²) in [4.78, 5) is 14.2. The zero-order valence-corrected chi connectivity index (χ0v) is 12.6. The van der Waals surface area contributed by atoms with Gasteiger partial charge >= 0.3 is 0 Å². The highest BCUT2D eigenvalue weighted by atomic mass is 35.5. The first kappa shape index (κ1) is 15.6. The number of Topliss-reactive ketones (excluding diaryl/α,β-unsaturated/α-hetero) is 1. The molecule has 1 aliphatic heterocycles. The monoisotopic (exact) mass is 307 g/mol. The third-order valence-electron chi connectivity index (χ3n) is 2.43. The fraction of sp³-hybridized carbons (Fsp3) is 0.417. The van der Waals surface area contributed by atoms with Crippen LogP contribution >= 0.6 is 35.8 Å². The van der Waals surface area contributed by atoms with Gasteiger partial charge in [-0.1, -0.05) is 11.6 Å². The van der Waals surface area contributed by atoms with E-state index < -0.39 is 0 Å². The van der Waals surface area contributed by atoms with Crippen LogP contribution in [0, 0.1) is 0 Å². The van der Waals surface area contributed by atoms with E-state index in [0.29, 0.717) is 22.9 Å². The highest BCUT2D eigenvalue weighted by molar-refractivity contribution is 8.00. The number of thioether (sulfide) groups is 1. The van der Waals surface area contributed by atoms with Crippen LogP contribution in [-0.2, 0) is 0 Å². The van der Waals surface area contributed by atoms with E-state index in [9.17, 15) is 4.79 Å². The molecule has 1 atom stereocenters. The lowest BCUT2D eigenvalue weighted by atomic mass is 10.1. The molecule has 0 spiro atoms. The van der Waals surface area contributed by atoms with Gasteiger partial charge in [0.05, 0.1) is 5.56 Å². The second-order valence-corrected chi connectivity index (χ2v) is 5.78. The third-order valence-corrected chi connectivity index (χ3v) is 4.08. The number of carbonyl (C=O) groups excluding carboxylic acids is 1. The highest BCUT2D eigenvalue weighted by Crippen LogP contribution is 2.31. The molecule has 6 heteroatoms. The summed E-state index contributed by atoms with van der Waals surface area (Å²) in [6, 6.07) is 5.16. The molecular weight excluding hydrogens is 293 g/mol. The van der Waals surface area contributed by atoms with Crippen LogP contribution in [0.15, 0.2) is 18.2 Å². The van der Waals surface area contributed by atoms with E-state index in [1.807, 2.05) is 19.0 Å². The van der Waals surface area contributed by atoms with Gasteiger partial charge in [0, 0.05) is 10.9 Å². The second kappa shape index (κ2) is 6.66. The van der Waals surface area contributed by atoms with Crippen LogP contribution in [0.5, 0.6) is 5.75 Å². The number of ether oxygens (including phenoxy) is 1. The van der Waals surface area contributed by atoms with Crippen LogP contribution in [0.1, 0.15) is 10.4 Å². The molecule has 0 radical (unpaired) electrons. The van der Waals surface area contributed by atoms with E-state index in [1.165, 1.54) is 0 Å². The lowest BCUT2D eigenvalue weighted by molar-refractivity contribution is 0.0943. The number of hydrogen-bond acceptors (Lipinski definition) is 4. The SMILES string of the molecule is CN(C)CSC1COc2cc(Cl)ccc2C1=O.Cl. The summed E-state index contributed by atoms with van der Waals surface area (Å²) in [5.41, 5.74) is 0.636. The fourth-order valence-electron chi connectivity index (χ4n) is 1.60. The van der Waals surface area contributed by atoms with E-state index in [0.717, 1.165) is 5.88 Å². The smallest absolute Gasteiger partial charge is 0.183 e. The van der Waals surface area contributed by atoms with Crippen molar-refractivity contribution in [3.63, 3.8) is 0 Å². The molecule has 3 nitrogen and oxygen atoms in total. The van der Waals surface area contributed by atoms with Gasteiger partial charge in [-0.05, 0) is 32.3 Å². The quantitative estimate of drug-likeness (QED) is 0.803. The van der Waals surface area contributed by atoms with Gasteiger partial charge in [-0.25, -0.2) is 0 Å². The van der Waals surface area contributed by atoms with Gasteiger partial charge in [0.1, 0.15) is 17.6 Å². The Kier molecular flexibility index (Phi) is 5.79. The number of fused-ring (bicyclic) bond motifs is 1. The Morgan fingerprint density at radius 3 is 2.89 bits per heavy atom. The summed E-state index contributed by atoms with van der Waals surface area (Å²) in [5, 5.41) is 0.474. The predicted molar refractivity (Wildman–Crippen MR) is 78.5 cm³/mol. The fourth-order valence-corrected chi connectivity index (χ4v) is 2.68. The molecule has 100 valence electrons. The summed E-state index contributed by atoms with van der Waals surface area (Å²) < 4.78 is 5.57. The van der Waals surface area contributed by atoms with E-state index in [1.54, 1.807) is 30.0 Å². The van der Waals surface area contributed by atoms with Crippen LogP contribution in [-0.4, -0.2) is 42.5 Å². The predicted octanol–water partition coefficient (Wildman–Crippen LogP) is 2.96. The Bertz CT molecular complexity index is 440. The molecular formula is C12H15Cl2NO2S. The summed E-state index contributed by atoms with van der Waals surface area (Å²) in [6.45, 7) is 0.421. The minimum absolute atomic E-state index is 0. The molecule has 1 aromatic rings. The van der Waals surface area contributed by atoms with Crippen molar-refractivity contribution in [2.75, 3.05) is 26.6 Å². The van der Waals surface area contributed by atoms with Gasteiger partial charge < -0.3 is 9.64 Å². The average molecular weight is 308 g/mol. The number of carbonyl (C=O) groups is 1. The number of nitrogens with zero attached hydrogens (tertiary/aromatic N) is 1. The van der Waals surface area contributed by atoms with Crippen molar-refractivity contribution in [2.45, 2.75) is 5.25 Å². The zero-order valence-electron chi connectivity index (χ0n) is 10.2. The number of hydrogen-bond donors (Lipinski definition) is 0. The number of ketones is 1. The number of benzene rings is 1. The normalized spacial score (nSPS) is 18.0. The van der Waals surface area contributed by atoms with Crippen molar-refractivity contribution in [3.8, 4) is 5.75 Å². The van der Waals surface area contributed by atoms with Crippen molar-refractivity contribution in [1.82, 2.24) is 4.90 Å². The molecule has 0 bridgehead atoms.